The number of hydrogen-bond acceptors (Lipinski definition) is 4. The van der Waals surface area contributed by atoms with Crippen LogP contribution in [0.15, 0.2) is 42.5 Å². The summed E-state index contributed by atoms with van der Waals surface area (Å²) in [6.45, 7) is 2.35. The van der Waals surface area contributed by atoms with Crippen molar-refractivity contribution in [2.24, 2.45) is 5.73 Å². The third kappa shape index (κ3) is 4.80. The van der Waals surface area contributed by atoms with Crippen molar-refractivity contribution in [1.82, 2.24) is 5.32 Å². The molecule has 0 aliphatic heterocycles. The van der Waals surface area contributed by atoms with Gasteiger partial charge in [-0.1, -0.05) is 42.0 Å². The van der Waals surface area contributed by atoms with Crippen molar-refractivity contribution < 1.29 is 14.3 Å². The Morgan fingerprint density at radius 1 is 1.19 bits per heavy atom. The summed E-state index contributed by atoms with van der Waals surface area (Å²) in [5, 5.41) is 2.93. The predicted octanol–water partition coefficient (Wildman–Crippen LogP) is 3.64. The standard InChI is InChI=1S/C22H28N2O3/c1-15-10-12-16(13-11-15)20(23)22(25)24-14-17-6-5-9-19(26-2)21(17)27-18-7-3-4-8-18/h5-6,9-13,18,20H,3-4,7-8,14,23H2,1-2H3,(H,24,25). The molecule has 0 heterocycles. The molecule has 3 rings (SSSR count). The predicted molar refractivity (Wildman–Crippen MR) is 106 cm³/mol. The summed E-state index contributed by atoms with van der Waals surface area (Å²) in [5.74, 6) is 1.20. The fraction of sp³-hybridized carbons (Fsp3) is 0.409. The van der Waals surface area contributed by atoms with E-state index < -0.39 is 6.04 Å². The average molecular weight is 368 g/mol. The molecule has 0 saturated heterocycles. The number of benzene rings is 2. The van der Waals surface area contributed by atoms with Crippen LogP contribution in [0.2, 0.25) is 0 Å². The molecule has 1 fully saturated rings. The number of hydrogen-bond donors (Lipinski definition) is 2. The number of carbonyl (C=O) groups excluding carboxylic acids is 1. The molecule has 5 nitrogen and oxygen atoms in total. The third-order valence-corrected chi connectivity index (χ3v) is 5.04. The molecule has 1 saturated carbocycles. The smallest absolute Gasteiger partial charge is 0.241 e. The minimum atomic E-state index is -0.699. The fourth-order valence-corrected chi connectivity index (χ4v) is 3.39. The van der Waals surface area contributed by atoms with Gasteiger partial charge in [-0.2, -0.15) is 0 Å². The Kier molecular flexibility index (Phi) is 6.35. The Balaban J connectivity index is 1.69. The first-order valence-corrected chi connectivity index (χ1v) is 9.51. The molecule has 0 radical (unpaired) electrons. The van der Waals surface area contributed by atoms with Crippen LogP contribution in [0.5, 0.6) is 11.5 Å². The fourth-order valence-electron chi connectivity index (χ4n) is 3.39. The van der Waals surface area contributed by atoms with E-state index in [2.05, 4.69) is 5.32 Å². The van der Waals surface area contributed by atoms with E-state index in [4.69, 9.17) is 15.2 Å². The minimum Gasteiger partial charge on any atom is -0.493 e. The van der Waals surface area contributed by atoms with E-state index in [1.54, 1.807) is 7.11 Å². The second-order valence-electron chi connectivity index (χ2n) is 7.08. The van der Waals surface area contributed by atoms with E-state index in [1.165, 1.54) is 12.8 Å². The third-order valence-electron chi connectivity index (χ3n) is 5.04. The van der Waals surface area contributed by atoms with Crippen LogP contribution in [-0.2, 0) is 11.3 Å². The normalized spacial score (nSPS) is 15.4. The van der Waals surface area contributed by atoms with E-state index in [9.17, 15) is 4.79 Å². The van der Waals surface area contributed by atoms with E-state index in [-0.39, 0.29) is 12.0 Å². The number of aryl methyl sites for hydroxylation is 1. The number of nitrogens with one attached hydrogen (secondary N) is 1. The topological polar surface area (TPSA) is 73.6 Å². The first kappa shape index (κ1) is 19.2. The largest absolute Gasteiger partial charge is 0.493 e. The van der Waals surface area contributed by atoms with Crippen molar-refractivity contribution in [3.05, 3.63) is 59.2 Å². The summed E-state index contributed by atoms with van der Waals surface area (Å²) >= 11 is 0. The van der Waals surface area contributed by atoms with Crippen LogP contribution in [-0.4, -0.2) is 19.1 Å². The lowest BCUT2D eigenvalue weighted by atomic mass is 10.1. The number of amides is 1. The van der Waals surface area contributed by atoms with E-state index in [0.717, 1.165) is 35.3 Å². The van der Waals surface area contributed by atoms with Crippen LogP contribution >= 0.6 is 0 Å². The van der Waals surface area contributed by atoms with Crippen molar-refractivity contribution in [2.75, 3.05) is 7.11 Å². The number of carbonyl (C=O) groups is 1. The van der Waals surface area contributed by atoms with Crippen molar-refractivity contribution in [1.29, 1.82) is 0 Å². The zero-order chi connectivity index (χ0) is 19.2. The van der Waals surface area contributed by atoms with Crippen molar-refractivity contribution in [2.45, 2.75) is 51.3 Å². The number of rotatable bonds is 7. The molecule has 144 valence electrons. The SMILES string of the molecule is COc1cccc(CNC(=O)C(N)c2ccc(C)cc2)c1OC1CCCC1. The molecular weight excluding hydrogens is 340 g/mol. The van der Waals surface area contributed by atoms with Gasteiger partial charge in [-0.05, 0) is 44.2 Å². The Bertz CT molecular complexity index is 768. The van der Waals surface area contributed by atoms with Crippen LogP contribution in [0, 0.1) is 6.92 Å². The molecule has 1 aliphatic carbocycles. The summed E-state index contributed by atoms with van der Waals surface area (Å²) < 4.78 is 11.7. The van der Waals surface area contributed by atoms with Crippen LogP contribution < -0.4 is 20.5 Å². The second-order valence-corrected chi connectivity index (χ2v) is 7.08. The molecule has 0 bridgehead atoms. The summed E-state index contributed by atoms with van der Waals surface area (Å²) in [5.41, 5.74) is 8.94. The second kappa shape index (κ2) is 8.91. The Morgan fingerprint density at radius 2 is 1.89 bits per heavy atom. The number of ether oxygens (including phenoxy) is 2. The lowest BCUT2D eigenvalue weighted by molar-refractivity contribution is -0.122. The van der Waals surface area contributed by atoms with Gasteiger partial charge >= 0.3 is 0 Å². The molecule has 3 N–H and O–H groups in total. The van der Waals surface area contributed by atoms with Gasteiger partial charge in [-0.3, -0.25) is 4.79 Å². The van der Waals surface area contributed by atoms with Crippen molar-refractivity contribution in [3.8, 4) is 11.5 Å². The van der Waals surface area contributed by atoms with E-state index >= 15 is 0 Å². The lowest BCUT2D eigenvalue weighted by Gasteiger charge is -2.20. The number of para-hydroxylation sites is 1. The van der Waals surface area contributed by atoms with Gasteiger partial charge in [0.15, 0.2) is 11.5 Å². The van der Waals surface area contributed by atoms with Gasteiger partial charge in [0.25, 0.3) is 0 Å². The Labute approximate surface area is 160 Å². The average Bonchev–Trinajstić information content (AvgIpc) is 3.20. The molecule has 1 atom stereocenters. The monoisotopic (exact) mass is 368 g/mol. The highest BCUT2D eigenvalue weighted by Gasteiger charge is 2.21. The molecule has 1 amide bonds. The first-order valence-electron chi connectivity index (χ1n) is 9.51. The molecule has 0 spiro atoms. The van der Waals surface area contributed by atoms with Gasteiger partial charge in [0.2, 0.25) is 5.91 Å². The molecule has 1 aliphatic rings. The maximum Gasteiger partial charge on any atom is 0.241 e. The van der Waals surface area contributed by atoms with Gasteiger partial charge in [-0.15, -0.1) is 0 Å². The van der Waals surface area contributed by atoms with Crippen molar-refractivity contribution in [3.63, 3.8) is 0 Å². The number of nitrogens with two attached hydrogens (primary N) is 1. The Hall–Kier alpha value is -2.53. The summed E-state index contributed by atoms with van der Waals surface area (Å²) in [4.78, 5) is 12.5. The van der Waals surface area contributed by atoms with E-state index in [0.29, 0.717) is 12.3 Å². The van der Waals surface area contributed by atoms with Crippen LogP contribution in [0.4, 0.5) is 0 Å². The molecule has 5 heteroatoms. The summed E-state index contributed by atoms with van der Waals surface area (Å²) in [7, 11) is 1.63. The molecule has 2 aromatic carbocycles. The Morgan fingerprint density at radius 3 is 2.56 bits per heavy atom. The maximum atomic E-state index is 12.5. The van der Waals surface area contributed by atoms with Gasteiger partial charge in [-0.25, -0.2) is 0 Å². The van der Waals surface area contributed by atoms with Crippen molar-refractivity contribution >= 4 is 5.91 Å². The van der Waals surface area contributed by atoms with Gasteiger partial charge in [0, 0.05) is 12.1 Å². The first-order chi connectivity index (χ1) is 13.1. The maximum absolute atomic E-state index is 12.5. The molecule has 0 aromatic heterocycles. The molecular formula is C22H28N2O3. The molecule has 2 aromatic rings. The van der Waals surface area contributed by atoms with Crippen LogP contribution in [0.25, 0.3) is 0 Å². The van der Waals surface area contributed by atoms with Gasteiger partial charge in [0.05, 0.1) is 13.2 Å². The summed E-state index contributed by atoms with van der Waals surface area (Å²) in [6, 6.07) is 12.7. The van der Waals surface area contributed by atoms with Crippen LogP contribution in [0.1, 0.15) is 48.4 Å². The van der Waals surface area contributed by atoms with Gasteiger partial charge in [0.1, 0.15) is 6.04 Å². The highest BCUT2D eigenvalue weighted by molar-refractivity contribution is 5.83. The molecule has 1 unspecified atom stereocenters. The lowest BCUT2D eigenvalue weighted by Crippen LogP contribution is -2.33. The highest BCUT2D eigenvalue weighted by Crippen LogP contribution is 2.34. The molecule has 27 heavy (non-hydrogen) atoms. The quantitative estimate of drug-likeness (QED) is 0.782. The van der Waals surface area contributed by atoms with Gasteiger partial charge < -0.3 is 20.5 Å². The summed E-state index contributed by atoms with van der Waals surface area (Å²) in [6.07, 6.45) is 4.71. The highest BCUT2D eigenvalue weighted by atomic mass is 16.5. The van der Waals surface area contributed by atoms with Crippen LogP contribution in [0.3, 0.4) is 0 Å². The zero-order valence-corrected chi connectivity index (χ0v) is 16.0. The number of methoxy groups -OCH3 is 1. The zero-order valence-electron chi connectivity index (χ0n) is 16.0. The van der Waals surface area contributed by atoms with E-state index in [1.807, 2.05) is 49.4 Å². The minimum absolute atomic E-state index is 0.213.